The second-order valence-corrected chi connectivity index (χ2v) is 13.7. The quantitative estimate of drug-likeness (QED) is 0.0467. The zero-order chi connectivity index (χ0) is 40.2. The van der Waals surface area contributed by atoms with Gasteiger partial charge in [-0.2, -0.15) is 11.8 Å². The second kappa shape index (κ2) is 26.6. The number of carbonyl (C=O) groups is 4. The first-order chi connectivity index (χ1) is 27.3. The predicted octanol–water partition coefficient (Wildman–Crippen LogP) is 6.74. The van der Waals surface area contributed by atoms with E-state index >= 15 is 0 Å². The van der Waals surface area contributed by atoms with Gasteiger partial charge in [-0.3, -0.25) is 4.79 Å². The number of alkyl carbamates (subject to hydrolysis) is 1. The van der Waals surface area contributed by atoms with E-state index in [0.29, 0.717) is 6.42 Å². The number of terminal acetylenes is 1. The van der Waals surface area contributed by atoms with E-state index in [2.05, 4.69) is 77.4 Å². The molecule has 1 aliphatic rings. The lowest BCUT2D eigenvalue weighted by atomic mass is 9.98. The van der Waals surface area contributed by atoms with Crippen LogP contribution in [0.4, 0.5) is 4.79 Å². The molecule has 2 N–H and O–H groups in total. The van der Waals surface area contributed by atoms with Gasteiger partial charge in [0.1, 0.15) is 25.4 Å². The van der Waals surface area contributed by atoms with Gasteiger partial charge in [-0.15, -0.1) is 6.42 Å². The zero-order valence-electron chi connectivity index (χ0n) is 31.5. The number of carbonyl (C=O) groups excluding carboxylic acids is 3. The number of fused-ring (bicyclic) bond motifs is 3. The zero-order valence-corrected chi connectivity index (χ0v) is 32.4. The number of hydrogen-bond donors (Lipinski definition) is 2. The molecule has 9 nitrogen and oxygen atoms in total. The largest absolute Gasteiger partial charge is 0.480 e. The number of esters is 2. The van der Waals surface area contributed by atoms with Gasteiger partial charge in [0.2, 0.25) is 0 Å². The van der Waals surface area contributed by atoms with Crippen LogP contribution in [-0.2, 0) is 28.6 Å². The highest BCUT2D eigenvalue weighted by atomic mass is 32.2. The highest BCUT2D eigenvalue weighted by molar-refractivity contribution is 7.99. The number of rotatable bonds is 21. The lowest BCUT2D eigenvalue weighted by Gasteiger charge is -2.19. The molecule has 1 amide bonds. The molecule has 2 atom stereocenters. The summed E-state index contributed by atoms with van der Waals surface area (Å²) in [4.78, 5) is 49.9. The van der Waals surface area contributed by atoms with Crippen LogP contribution in [0.15, 0.2) is 48.5 Å². The summed E-state index contributed by atoms with van der Waals surface area (Å²) >= 11 is 1.09. The van der Waals surface area contributed by atoms with Crippen molar-refractivity contribution < 1.29 is 38.5 Å². The Morgan fingerprint density at radius 1 is 0.750 bits per heavy atom. The van der Waals surface area contributed by atoms with E-state index in [4.69, 9.17) is 20.6 Å². The molecule has 3 rings (SSSR count). The van der Waals surface area contributed by atoms with Crippen LogP contribution in [0, 0.1) is 71.5 Å². The smallest absolute Gasteiger partial charge is 0.407 e. The summed E-state index contributed by atoms with van der Waals surface area (Å²) in [6.45, 7) is 1.96. The summed E-state index contributed by atoms with van der Waals surface area (Å²) in [6, 6.07) is 14.5. The highest BCUT2D eigenvalue weighted by Crippen LogP contribution is 2.44. The Bertz CT molecular complexity index is 1980. The third kappa shape index (κ3) is 16.9. The van der Waals surface area contributed by atoms with Crippen LogP contribution in [0.25, 0.3) is 11.1 Å². The summed E-state index contributed by atoms with van der Waals surface area (Å²) < 4.78 is 16.4. The third-order valence-electron chi connectivity index (χ3n) is 8.45. The highest BCUT2D eigenvalue weighted by Gasteiger charge is 2.30. The monoisotopic (exact) mass is 771 g/mol. The predicted molar refractivity (Wildman–Crippen MR) is 217 cm³/mol. The molecular formula is C46H45NO8S. The maximum Gasteiger partial charge on any atom is 0.407 e. The molecule has 0 aliphatic heterocycles. The number of ether oxygens (including phenoxy) is 3. The fourth-order valence-corrected chi connectivity index (χ4v) is 6.77. The van der Waals surface area contributed by atoms with Gasteiger partial charge < -0.3 is 24.6 Å². The van der Waals surface area contributed by atoms with Crippen LogP contribution in [0.3, 0.4) is 0 Å². The summed E-state index contributed by atoms with van der Waals surface area (Å²) in [5.41, 5.74) is 4.19. The summed E-state index contributed by atoms with van der Waals surface area (Å²) in [6.07, 6.45) is 13.3. The molecule has 0 saturated heterocycles. The van der Waals surface area contributed by atoms with E-state index in [9.17, 15) is 24.3 Å². The fourth-order valence-electron chi connectivity index (χ4n) is 5.75. The van der Waals surface area contributed by atoms with Crippen LogP contribution in [-0.4, -0.2) is 66.0 Å². The number of aliphatic carboxylic acids is 1. The van der Waals surface area contributed by atoms with Crippen molar-refractivity contribution in [2.45, 2.75) is 89.2 Å². The Morgan fingerprint density at radius 2 is 1.30 bits per heavy atom. The van der Waals surface area contributed by atoms with Crippen LogP contribution in [0.1, 0.15) is 88.2 Å². The van der Waals surface area contributed by atoms with Crippen molar-refractivity contribution in [3.63, 3.8) is 0 Å². The minimum absolute atomic E-state index is 0.0240. The van der Waals surface area contributed by atoms with Crippen molar-refractivity contribution in [2.24, 2.45) is 0 Å². The van der Waals surface area contributed by atoms with Crippen LogP contribution < -0.4 is 5.32 Å². The number of thioether (sulfide) groups is 1. The topological polar surface area (TPSA) is 128 Å². The molecule has 0 fully saturated rings. The molecule has 0 heterocycles. The Hall–Kier alpha value is -6.17. The Balaban J connectivity index is 1.52. The van der Waals surface area contributed by atoms with Crippen molar-refractivity contribution in [1.82, 2.24) is 5.32 Å². The van der Waals surface area contributed by atoms with E-state index in [1.165, 1.54) is 32.1 Å². The second-order valence-electron chi connectivity index (χ2n) is 12.6. The molecule has 1 aliphatic carbocycles. The van der Waals surface area contributed by atoms with Crippen LogP contribution in [0.2, 0.25) is 0 Å². The van der Waals surface area contributed by atoms with Gasteiger partial charge in [0.05, 0.1) is 0 Å². The van der Waals surface area contributed by atoms with Gasteiger partial charge >= 0.3 is 24.0 Å². The average molecular weight is 772 g/mol. The number of unbranched alkanes of at least 4 members (excludes halogenated alkanes) is 8. The number of carboxylic acids is 1. The van der Waals surface area contributed by atoms with E-state index in [1.54, 1.807) is 0 Å². The number of nitrogens with one attached hydrogen (secondary N) is 1. The Kier molecular flexibility index (Phi) is 21.0. The molecule has 0 spiro atoms. The minimum atomic E-state index is -1.31. The molecular weight excluding hydrogens is 727 g/mol. The number of carboxylic acid groups (broad SMARTS) is 1. The molecule has 0 bridgehead atoms. The van der Waals surface area contributed by atoms with Crippen molar-refractivity contribution >= 4 is 35.8 Å². The van der Waals surface area contributed by atoms with Crippen molar-refractivity contribution in [1.29, 1.82) is 0 Å². The lowest BCUT2D eigenvalue weighted by molar-refractivity contribution is -0.154. The number of amides is 1. The molecule has 0 saturated carbocycles. The first kappa shape index (κ1) is 44.2. The molecule has 0 unspecified atom stereocenters. The van der Waals surface area contributed by atoms with Gasteiger partial charge in [0.25, 0.3) is 0 Å². The fraction of sp³-hybridized carbons (Fsp3) is 0.391. The minimum Gasteiger partial charge on any atom is -0.480 e. The average Bonchev–Trinajstić information content (AvgIpc) is 3.52. The van der Waals surface area contributed by atoms with Gasteiger partial charge in [-0.1, -0.05) is 107 Å². The Morgan fingerprint density at radius 3 is 1.89 bits per heavy atom. The molecule has 0 radical (unpaired) electrons. The van der Waals surface area contributed by atoms with Gasteiger partial charge in [0.15, 0.2) is 0 Å². The molecule has 56 heavy (non-hydrogen) atoms. The maximum atomic E-state index is 12.8. The van der Waals surface area contributed by atoms with Gasteiger partial charge in [-0.05, 0) is 87.9 Å². The normalized spacial score (nSPS) is 11.4. The summed E-state index contributed by atoms with van der Waals surface area (Å²) in [5.74, 6) is 23.1. The summed E-state index contributed by atoms with van der Waals surface area (Å²) in [7, 11) is 0. The van der Waals surface area contributed by atoms with Gasteiger partial charge in [-0.25, -0.2) is 14.4 Å². The third-order valence-corrected chi connectivity index (χ3v) is 9.62. The molecule has 10 heteroatoms. The van der Waals surface area contributed by atoms with Crippen LogP contribution in [0.5, 0.6) is 0 Å². The first-order valence-electron chi connectivity index (χ1n) is 18.6. The van der Waals surface area contributed by atoms with E-state index in [-0.39, 0.29) is 37.1 Å². The van der Waals surface area contributed by atoms with Crippen molar-refractivity contribution in [2.75, 3.05) is 24.7 Å². The standard InChI is InChI=1S/C46H45NO8S/c1-3-5-7-9-11-13-15-17-19-21-31-44(49)55-36(32-53-43(48)30-20-18-16-14-12-10-8-6-4-2)34-56-35-42(45(50)51)47-46(52)54-33-41-39-28-24-22-26-37(39)38-27-23-25-29-40(38)41/h1,22-29,36,41-42H,4,6,8,10,12,14,16,18,20,30,32-35H2,2H3,(H,47,52)(H,50,51)/t36-,42+/m1/s1. The SMILES string of the molecule is C#CC#CC#CC#CC#CC#CC(=O)O[C@H](COC(=O)CCCCCCCCCCC)CSC[C@H](NC(=O)OCC1c2ccccc2-c2ccccc21)C(=O)O. The van der Waals surface area contributed by atoms with E-state index in [0.717, 1.165) is 53.3 Å². The van der Waals surface area contributed by atoms with Crippen molar-refractivity contribution in [3.05, 3.63) is 59.7 Å². The maximum absolute atomic E-state index is 12.8. The lowest BCUT2D eigenvalue weighted by Crippen LogP contribution is -2.43. The van der Waals surface area contributed by atoms with Crippen molar-refractivity contribution in [3.8, 4) is 82.7 Å². The van der Waals surface area contributed by atoms with Crippen LogP contribution >= 0.6 is 11.8 Å². The number of hydrogen-bond acceptors (Lipinski definition) is 8. The first-order valence-corrected chi connectivity index (χ1v) is 19.7. The van der Waals surface area contributed by atoms with E-state index < -0.39 is 36.1 Å². The molecule has 2 aromatic carbocycles. The van der Waals surface area contributed by atoms with Gasteiger partial charge in [0, 0.05) is 29.8 Å². The van der Waals surface area contributed by atoms with E-state index in [1.807, 2.05) is 48.5 Å². The Labute approximate surface area is 334 Å². The molecule has 0 aromatic heterocycles. The molecule has 288 valence electrons. The molecule has 2 aromatic rings. The summed E-state index contributed by atoms with van der Waals surface area (Å²) in [5, 5.41) is 12.3. The number of benzene rings is 2.